The Hall–Kier alpha value is -3.88. The Balaban J connectivity index is 1.70. The average Bonchev–Trinajstić information content (AvgIpc) is 3.25. The number of aromatic nitrogens is 2. The van der Waals surface area contributed by atoms with Gasteiger partial charge in [0.2, 0.25) is 0 Å². The number of hydrogen-bond donors (Lipinski definition) is 2. The third kappa shape index (κ3) is 5.45. The maximum atomic E-state index is 13.4. The van der Waals surface area contributed by atoms with Gasteiger partial charge in [0.1, 0.15) is 23.4 Å². The van der Waals surface area contributed by atoms with Gasteiger partial charge in [0.25, 0.3) is 0 Å². The highest BCUT2D eigenvalue weighted by Gasteiger charge is 2.40. The van der Waals surface area contributed by atoms with E-state index in [9.17, 15) is 22.4 Å². The molecule has 4 rings (SSSR count). The molecule has 0 bridgehead atoms. The second-order valence-corrected chi connectivity index (χ2v) is 8.18. The van der Waals surface area contributed by atoms with Gasteiger partial charge in [0, 0.05) is 10.9 Å². The first kappa shape index (κ1) is 24.3. The van der Waals surface area contributed by atoms with Gasteiger partial charge in [-0.1, -0.05) is 31.2 Å². The molecule has 182 valence electrons. The molecule has 0 aliphatic rings. The summed E-state index contributed by atoms with van der Waals surface area (Å²) in [5.41, 5.74) is 3.58. The van der Waals surface area contributed by atoms with Crippen molar-refractivity contribution in [3.8, 4) is 17.0 Å². The number of ether oxygens (including phenoxy) is 1. The number of halogens is 4. The van der Waals surface area contributed by atoms with Crippen molar-refractivity contribution >= 4 is 16.8 Å². The molecule has 3 aromatic carbocycles. The Bertz CT molecular complexity index is 1330. The van der Waals surface area contributed by atoms with Gasteiger partial charge in [-0.25, -0.2) is 4.39 Å². The summed E-state index contributed by atoms with van der Waals surface area (Å²) in [6.45, 7) is 3.43. The maximum Gasteiger partial charge on any atom is 0.471 e. The molecule has 2 atom stereocenters. The third-order valence-corrected chi connectivity index (χ3v) is 5.67. The standard InChI is InChI=1S/C26H23F4N3O2/c1-3-16-5-4-6-18(13-16)24(15(2)31-25(34)26(28,29)30)35-20-11-12-22-21(14-20)23(33-32-22)17-7-9-19(27)10-8-17/h4-15,24H,3H2,1-2H3,(H,31,34)(H,32,33)/t15-,24-/m0/s1. The van der Waals surface area contributed by atoms with Gasteiger partial charge in [0.15, 0.2) is 0 Å². The molecule has 0 saturated heterocycles. The molecule has 0 saturated carbocycles. The summed E-state index contributed by atoms with van der Waals surface area (Å²) in [4.78, 5) is 11.6. The Morgan fingerprint density at radius 2 is 1.83 bits per heavy atom. The number of aryl methyl sites for hydroxylation is 1. The van der Waals surface area contributed by atoms with Crippen molar-refractivity contribution in [2.45, 2.75) is 38.6 Å². The molecule has 0 spiro atoms. The van der Waals surface area contributed by atoms with E-state index in [1.165, 1.54) is 19.1 Å². The third-order valence-electron chi connectivity index (χ3n) is 5.67. The van der Waals surface area contributed by atoms with Crippen molar-refractivity contribution in [1.82, 2.24) is 15.5 Å². The number of nitrogens with zero attached hydrogens (tertiary/aromatic N) is 1. The van der Waals surface area contributed by atoms with Crippen LogP contribution >= 0.6 is 0 Å². The van der Waals surface area contributed by atoms with E-state index in [-0.39, 0.29) is 5.82 Å². The van der Waals surface area contributed by atoms with E-state index in [1.807, 2.05) is 24.4 Å². The van der Waals surface area contributed by atoms with Gasteiger partial charge >= 0.3 is 12.1 Å². The first-order valence-electron chi connectivity index (χ1n) is 11.0. The number of amides is 1. The second-order valence-electron chi connectivity index (χ2n) is 8.18. The summed E-state index contributed by atoms with van der Waals surface area (Å²) in [5, 5.41) is 9.93. The van der Waals surface area contributed by atoms with Gasteiger partial charge in [-0.3, -0.25) is 9.89 Å². The summed E-state index contributed by atoms with van der Waals surface area (Å²) in [6, 6.07) is 17.3. The monoisotopic (exact) mass is 485 g/mol. The molecular formula is C26H23F4N3O2. The first-order valence-corrected chi connectivity index (χ1v) is 11.0. The molecule has 1 aromatic heterocycles. The fourth-order valence-electron chi connectivity index (χ4n) is 3.85. The smallest absolute Gasteiger partial charge is 0.471 e. The Morgan fingerprint density at radius 1 is 1.09 bits per heavy atom. The van der Waals surface area contributed by atoms with Crippen LogP contribution in [-0.2, 0) is 11.2 Å². The van der Waals surface area contributed by atoms with E-state index in [0.29, 0.717) is 33.5 Å². The van der Waals surface area contributed by atoms with Crippen molar-refractivity contribution in [2.24, 2.45) is 0 Å². The van der Waals surface area contributed by atoms with Crippen LogP contribution in [0.1, 0.15) is 31.1 Å². The van der Waals surface area contributed by atoms with Gasteiger partial charge in [0.05, 0.1) is 11.6 Å². The molecule has 0 aliphatic carbocycles. The van der Waals surface area contributed by atoms with E-state index in [1.54, 1.807) is 42.5 Å². The largest absolute Gasteiger partial charge is 0.484 e. The lowest BCUT2D eigenvalue weighted by molar-refractivity contribution is -0.174. The van der Waals surface area contributed by atoms with Gasteiger partial charge in [-0.05, 0) is 66.9 Å². The molecule has 0 unspecified atom stereocenters. The number of benzene rings is 3. The number of rotatable bonds is 7. The average molecular weight is 485 g/mol. The minimum Gasteiger partial charge on any atom is -0.484 e. The van der Waals surface area contributed by atoms with Crippen LogP contribution in [0.3, 0.4) is 0 Å². The second kappa shape index (κ2) is 9.77. The Morgan fingerprint density at radius 3 is 2.51 bits per heavy atom. The van der Waals surface area contributed by atoms with Crippen LogP contribution in [0, 0.1) is 5.82 Å². The molecule has 0 fully saturated rings. The van der Waals surface area contributed by atoms with Crippen molar-refractivity contribution in [3.63, 3.8) is 0 Å². The molecule has 35 heavy (non-hydrogen) atoms. The van der Waals surface area contributed by atoms with Crippen LogP contribution in [0.15, 0.2) is 66.7 Å². The molecule has 2 N–H and O–H groups in total. The lowest BCUT2D eigenvalue weighted by Crippen LogP contribution is -2.45. The Kier molecular flexibility index (Phi) is 6.77. The van der Waals surface area contributed by atoms with Crippen molar-refractivity contribution in [1.29, 1.82) is 0 Å². The van der Waals surface area contributed by atoms with E-state index in [0.717, 1.165) is 12.0 Å². The summed E-state index contributed by atoms with van der Waals surface area (Å²) in [6.07, 6.45) is -5.18. The number of fused-ring (bicyclic) bond motifs is 1. The summed E-state index contributed by atoms with van der Waals surface area (Å²) in [7, 11) is 0. The minimum atomic E-state index is -5.01. The number of carbonyl (C=O) groups excluding carboxylic acids is 1. The fraction of sp³-hybridized carbons (Fsp3) is 0.231. The Labute approximate surface area is 199 Å². The molecule has 0 radical (unpaired) electrons. The fourth-order valence-corrected chi connectivity index (χ4v) is 3.85. The van der Waals surface area contributed by atoms with Gasteiger partial charge in [-0.15, -0.1) is 0 Å². The lowest BCUT2D eigenvalue weighted by Gasteiger charge is -2.27. The predicted octanol–water partition coefficient (Wildman–Crippen LogP) is 6.12. The van der Waals surface area contributed by atoms with Crippen LogP contribution in [0.2, 0.25) is 0 Å². The van der Waals surface area contributed by atoms with E-state index in [2.05, 4.69) is 10.2 Å². The number of H-pyrrole nitrogens is 1. The zero-order valence-electron chi connectivity index (χ0n) is 19.0. The number of nitrogens with one attached hydrogen (secondary N) is 2. The zero-order chi connectivity index (χ0) is 25.2. The van der Waals surface area contributed by atoms with E-state index < -0.39 is 24.2 Å². The lowest BCUT2D eigenvalue weighted by atomic mass is 9.99. The maximum absolute atomic E-state index is 13.4. The number of alkyl halides is 3. The highest BCUT2D eigenvalue weighted by molar-refractivity contribution is 5.93. The molecule has 0 aliphatic heterocycles. The number of hydrogen-bond acceptors (Lipinski definition) is 3. The molecule has 1 amide bonds. The highest BCUT2D eigenvalue weighted by atomic mass is 19.4. The van der Waals surface area contributed by atoms with Gasteiger partial charge in [-0.2, -0.15) is 18.3 Å². The first-order chi connectivity index (χ1) is 16.7. The van der Waals surface area contributed by atoms with Crippen LogP contribution in [0.4, 0.5) is 17.6 Å². The molecule has 4 aromatic rings. The van der Waals surface area contributed by atoms with Crippen LogP contribution < -0.4 is 10.1 Å². The predicted molar refractivity (Wildman–Crippen MR) is 124 cm³/mol. The summed E-state index contributed by atoms with van der Waals surface area (Å²) in [5.74, 6) is -2.03. The molecule has 1 heterocycles. The number of aromatic amines is 1. The van der Waals surface area contributed by atoms with Crippen molar-refractivity contribution in [3.05, 3.63) is 83.7 Å². The van der Waals surface area contributed by atoms with Crippen molar-refractivity contribution < 1.29 is 27.1 Å². The quantitative estimate of drug-likeness (QED) is 0.310. The van der Waals surface area contributed by atoms with E-state index in [4.69, 9.17) is 4.74 Å². The highest BCUT2D eigenvalue weighted by Crippen LogP contribution is 2.32. The SMILES string of the molecule is CCc1cccc([C@@H](Oc2ccc3[nH]nc(-c4ccc(F)cc4)c3c2)[C@H](C)NC(=O)C(F)(F)F)c1. The van der Waals surface area contributed by atoms with Gasteiger partial charge < -0.3 is 10.1 Å². The topological polar surface area (TPSA) is 67.0 Å². The van der Waals surface area contributed by atoms with Crippen LogP contribution in [0.5, 0.6) is 5.75 Å². The van der Waals surface area contributed by atoms with Crippen molar-refractivity contribution in [2.75, 3.05) is 0 Å². The van der Waals surface area contributed by atoms with Crippen LogP contribution in [-0.4, -0.2) is 28.3 Å². The zero-order valence-corrected chi connectivity index (χ0v) is 19.0. The summed E-state index contributed by atoms with van der Waals surface area (Å²) < 4.78 is 58.2. The molecule has 9 heteroatoms. The normalized spacial score (nSPS) is 13.4. The molecular weight excluding hydrogens is 462 g/mol. The van der Waals surface area contributed by atoms with Crippen LogP contribution in [0.25, 0.3) is 22.2 Å². The number of carbonyl (C=O) groups is 1. The molecule has 5 nitrogen and oxygen atoms in total. The van der Waals surface area contributed by atoms with E-state index >= 15 is 0 Å². The minimum absolute atomic E-state index is 0.371. The summed E-state index contributed by atoms with van der Waals surface area (Å²) >= 11 is 0.